The van der Waals surface area contributed by atoms with Gasteiger partial charge >= 0.3 is 0 Å². The first-order valence-corrected chi connectivity index (χ1v) is 5.52. The molecule has 0 spiro atoms. The zero-order valence-electron chi connectivity index (χ0n) is 10.8. The first-order chi connectivity index (χ1) is 7.39. The van der Waals surface area contributed by atoms with E-state index in [-0.39, 0.29) is 5.78 Å². The van der Waals surface area contributed by atoms with Gasteiger partial charge in [-0.1, -0.05) is 11.6 Å². The second-order valence-electron chi connectivity index (χ2n) is 4.81. The highest BCUT2D eigenvalue weighted by atomic mass is 16.5. The molecule has 0 bridgehead atoms. The van der Waals surface area contributed by atoms with E-state index in [0.29, 0.717) is 0 Å². The largest absolute Gasteiger partial charge is 0.497 e. The number of rotatable bonds is 3. The summed E-state index contributed by atoms with van der Waals surface area (Å²) in [6.45, 7) is 7.89. The van der Waals surface area contributed by atoms with Crippen LogP contribution in [0.15, 0.2) is 35.1 Å². The number of Topliss-reactive ketones (excluding diaryl/α,β-unsaturated/α-hetero) is 1. The van der Waals surface area contributed by atoms with Gasteiger partial charge in [-0.2, -0.15) is 0 Å². The monoisotopic (exact) mass is 220 g/mol. The van der Waals surface area contributed by atoms with Crippen molar-refractivity contribution in [2.75, 3.05) is 7.11 Å². The van der Waals surface area contributed by atoms with E-state index in [1.54, 1.807) is 13.2 Å². The Morgan fingerprint density at radius 2 is 2.12 bits per heavy atom. The molecule has 1 aliphatic carbocycles. The van der Waals surface area contributed by atoms with Crippen molar-refractivity contribution in [2.24, 2.45) is 5.41 Å². The van der Waals surface area contributed by atoms with Crippen molar-refractivity contribution in [3.63, 3.8) is 0 Å². The molecule has 1 unspecified atom stereocenters. The lowest BCUT2D eigenvalue weighted by molar-refractivity contribution is -0.122. The molecule has 0 aliphatic heterocycles. The normalized spacial score (nSPS) is 24.7. The third-order valence-corrected chi connectivity index (χ3v) is 2.87. The van der Waals surface area contributed by atoms with Crippen LogP contribution in [-0.2, 0) is 9.53 Å². The van der Waals surface area contributed by atoms with E-state index in [9.17, 15) is 4.79 Å². The highest BCUT2D eigenvalue weighted by Gasteiger charge is 2.34. The minimum atomic E-state index is -0.457. The highest BCUT2D eigenvalue weighted by Crippen LogP contribution is 2.34. The average Bonchev–Trinajstić information content (AvgIpc) is 2.23. The predicted octanol–water partition coefficient (Wildman–Crippen LogP) is 3.41. The lowest BCUT2D eigenvalue weighted by Crippen LogP contribution is -2.29. The molecule has 0 aromatic carbocycles. The van der Waals surface area contributed by atoms with Gasteiger partial charge in [0, 0.05) is 0 Å². The zero-order chi connectivity index (χ0) is 12.3. The van der Waals surface area contributed by atoms with Gasteiger partial charge in [-0.25, -0.2) is 0 Å². The lowest BCUT2D eigenvalue weighted by Gasteiger charge is -2.27. The maximum Gasteiger partial charge on any atom is 0.168 e. The summed E-state index contributed by atoms with van der Waals surface area (Å²) in [7, 11) is 1.63. The Kier molecular flexibility index (Phi) is 3.74. The van der Waals surface area contributed by atoms with Crippen molar-refractivity contribution in [1.29, 1.82) is 0 Å². The van der Waals surface area contributed by atoms with Gasteiger partial charge in [-0.05, 0) is 51.8 Å². The third kappa shape index (κ3) is 2.63. The molecule has 1 atom stereocenters. The summed E-state index contributed by atoms with van der Waals surface area (Å²) in [5, 5.41) is 0. The van der Waals surface area contributed by atoms with Crippen LogP contribution in [0, 0.1) is 5.41 Å². The maximum atomic E-state index is 12.1. The molecule has 0 radical (unpaired) electrons. The van der Waals surface area contributed by atoms with Crippen molar-refractivity contribution in [3.8, 4) is 0 Å². The minimum absolute atomic E-state index is 0.186. The number of methoxy groups -OCH3 is 1. The number of carbonyl (C=O) groups excluding carboxylic acids is 1. The first-order valence-electron chi connectivity index (χ1n) is 5.52. The van der Waals surface area contributed by atoms with Crippen LogP contribution in [0.2, 0.25) is 0 Å². The van der Waals surface area contributed by atoms with Crippen LogP contribution in [0.3, 0.4) is 0 Å². The summed E-state index contributed by atoms with van der Waals surface area (Å²) < 4.78 is 5.22. The summed E-state index contributed by atoms with van der Waals surface area (Å²) >= 11 is 0. The Balaban J connectivity index is 3.03. The Hall–Kier alpha value is -1.31. The molecule has 0 fully saturated rings. The maximum absolute atomic E-state index is 12.1. The van der Waals surface area contributed by atoms with Gasteiger partial charge in [0.15, 0.2) is 5.78 Å². The molecule has 2 heteroatoms. The van der Waals surface area contributed by atoms with E-state index < -0.39 is 5.41 Å². The molecule has 0 heterocycles. The number of ketones is 1. The van der Waals surface area contributed by atoms with Crippen molar-refractivity contribution in [1.82, 2.24) is 0 Å². The van der Waals surface area contributed by atoms with E-state index in [0.717, 1.165) is 17.8 Å². The van der Waals surface area contributed by atoms with Crippen LogP contribution in [0.25, 0.3) is 0 Å². The van der Waals surface area contributed by atoms with Gasteiger partial charge in [0.25, 0.3) is 0 Å². The number of ether oxygens (including phenoxy) is 1. The van der Waals surface area contributed by atoms with Crippen LogP contribution in [0.5, 0.6) is 0 Å². The molecule has 2 nitrogen and oxygen atoms in total. The average molecular weight is 220 g/mol. The molecule has 0 N–H and O–H groups in total. The predicted molar refractivity (Wildman–Crippen MR) is 66.0 cm³/mol. The molecule has 16 heavy (non-hydrogen) atoms. The summed E-state index contributed by atoms with van der Waals surface area (Å²) in [4.78, 5) is 12.1. The number of hydrogen-bond acceptors (Lipinski definition) is 2. The third-order valence-electron chi connectivity index (χ3n) is 2.87. The van der Waals surface area contributed by atoms with Crippen molar-refractivity contribution >= 4 is 5.78 Å². The molecule has 1 aliphatic rings. The molecular formula is C14H20O2. The number of hydrogen-bond donors (Lipinski definition) is 0. The molecule has 0 saturated heterocycles. The van der Waals surface area contributed by atoms with Crippen molar-refractivity contribution in [2.45, 2.75) is 34.1 Å². The second-order valence-corrected chi connectivity index (χ2v) is 4.81. The fraction of sp³-hybridized carbons (Fsp3) is 0.500. The van der Waals surface area contributed by atoms with Gasteiger partial charge in [-0.3, -0.25) is 4.79 Å². The van der Waals surface area contributed by atoms with Crippen LogP contribution in [0.4, 0.5) is 0 Å². The second kappa shape index (κ2) is 4.69. The zero-order valence-corrected chi connectivity index (χ0v) is 10.8. The Morgan fingerprint density at radius 3 is 2.62 bits per heavy atom. The van der Waals surface area contributed by atoms with E-state index in [2.05, 4.69) is 6.08 Å². The van der Waals surface area contributed by atoms with E-state index in [1.165, 1.54) is 5.57 Å². The van der Waals surface area contributed by atoms with Gasteiger partial charge in [-0.15, -0.1) is 0 Å². The molecule has 0 aromatic heterocycles. The van der Waals surface area contributed by atoms with Crippen molar-refractivity contribution < 1.29 is 9.53 Å². The summed E-state index contributed by atoms with van der Waals surface area (Å²) in [6, 6.07) is 0. The molecule has 0 amide bonds. The quantitative estimate of drug-likeness (QED) is 0.681. The SMILES string of the molecule is COC1=CC(C)(CC=C(C)C)C(=O)C(C)=C1. The van der Waals surface area contributed by atoms with Gasteiger partial charge in [0.1, 0.15) is 5.76 Å². The standard InChI is InChI=1S/C14H20O2/c1-10(2)6-7-14(4)9-12(16-5)8-11(3)13(14)15/h6,8-9H,7H2,1-5H3. The fourth-order valence-corrected chi connectivity index (χ4v) is 1.84. The topological polar surface area (TPSA) is 26.3 Å². The lowest BCUT2D eigenvalue weighted by atomic mass is 9.76. The molecule has 0 saturated carbocycles. The molecular weight excluding hydrogens is 200 g/mol. The number of carbonyl (C=O) groups is 1. The smallest absolute Gasteiger partial charge is 0.168 e. The fourth-order valence-electron chi connectivity index (χ4n) is 1.84. The number of allylic oxidation sites excluding steroid dienone is 5. The minimum Gasteiger partial charge on any atom is -0.497 e. The van der Waals surface area contributed by atoms with Gasteiger partial charge in [0.05, 0.1) is 12.5 Å². The van der Waals surface area contributed by atoms with E-state index >= 15 is 0 Å². The van der Waals surface area contributed by atoms with Crippen LogP contribution >= 0.6 is 0 Å². The van der Waals surface area contributed by atoms with Gasteiger partial charge < -0.3 is 4.74 Å². The summed E-state index contributed by atoms with van der Waals surface area (Å²) in [6.07, 6.45) is 6.54. The van der Waals surface area contributed by atoms with Crippen molar-refractivity contribution in [3.05, 3.63) is 35.1 Å². The Bertz CT molecular complexity index is 382. The Labute approximate surface area is 97.7 Å². The summed E-state index contributed by atoms with van der Waals surface area (Å²) in [5.41, 5.74) is 1.54. The van der Waals surface area contributed by atoms with Crippen LogP contribution in [-0.4, -0.2) is 12.9 Å². The highest BCUT2D eigenvalue weighted by molar-refractivity contribution is 6.02. The van der Waals surface area contributed by atoms with Crippen LogP contribution in [0.1, 0.15) is 34.1 Å². The molecule has 0 aromatic rings. The first kappa shape index (κ1) is 12.8. The van der Waals surface area contributed by atoms with E-state index in [4.69, 9.17) is 4.74 Å². The molecule has 88 valence electrons. The molecule has 1 rings (SSSR count). The van der Waals surface area contributed by atoms with Gasteiger partial charge in [0.2, 0.25) is 0 Å². The van der Waals surface area contributed by atoms with Crippen LogP contribution < -0.4 is 0 Å². The summed E-state index contributed by atoms with van der Waals surface area (Å²) in [5.74, 6) is 0.965. The Morgan fingerprint density at radius 1 is 1.50 bits per heavy atom. The van der Waals surface area contributed by atoms with E-state index in [1.807, 2.05) is 33.8 Å².